The lowest BCUT2D eigenvalue weighted by Crippen LogP contribution is -2.35. The maximum absolute atomic E-state index is 5.22. The molecule has 0 bridgehead atoms. The Hall–Kier alpha value is -1.38. The first-order valence-electron chi connectivity index (χ1n) is 6.83. The fraction of sp³-hybridized carbons (Fsp3) is 0.625. The molecule has 112 valence electrons. The molecule has 0 spiro atoms. The lowest BCUT2D eigenvalue weighted by atomic mass is 9.88. The van der Waals surface area contributed by atoms with Crippen LogP contribution < -0.4 is 0 Å². The second kappa shape index (κ2) is 14.7. The normalized spacial score (nSPS) is 9.63. The molecule has 0 aliphatic rings. The van der Waals surface area contributed by atoms with Crippen molar-refractivity contribution in [2.75, 3.05) is 19.8 Å². The van der Waals surface area contributed by atoms with Gasteiger partial charge in [-0.1, -0.05) is 53.3 Å². The van der Waals surface area contributed by atoms with Crippen molar-refractivity contribution in [1.82, 2.24) is 0 Å². The van der Waals surface area contributed by atoms with Crippen LogP contribution in [0.5, 0.6) is 0 Å². The third kappa shape index (κ3) is 11.4. The van der Waals surface area contributed by atoms with Crippen LogP contribution in [0.25, 0.3) is 0 Å². The highest BCUT2D eigenvalue weighted by Gasteiger charge is 2.30. The van der Waals surface area contributed by atoms with E-state index in [9.17, 15) is 0 Å². The van der Waals surface area contributed by atoms with E-state index in [2.05, 4.69) is 40.5 Å². The van der Waals surface area contributed by atoms with E-state index in [0.29, 0.717) is 19.8 Å². The van der Waals surface area contributed by atoms with Crippen LogP contribution in [0.1, 0.15) is 40.0 Å². The van der Waals surface area contributed by atoms with Gasteiger partial charge in [0.05, 0.1) is 44.0 Å². The molecule has 0 aliphatic carbocycles. The minimum absolute atomic E-state index is 0.184. The van der Waals surface area contributed by atoms with Crippen LogP contribution in [0.15, 0.2) is 38.5 Å². The molecule has 0 unspecified atom stereocenters. The third-order valence-electron chi connectivity index (χ3n) is 2.77. The number of hydrogen-bond donors (Lipinski definition) is 0. The van der Waals surface area contributed by atoms with Crippen molar-refractivity contribution >= 4 is 0 Å². The summed E-state index contributed by atoms with van der Waals surface area (Å²) in [7, 11) is 0. The molecule has 0 heterocycles. The summed E-state index contributed by atoms with van der Waals surface area (Å²) in [6, 6.07) is 0. The molecule has 0 radical (unpaired) electrons. The Bertz CT molecular complexity index is 191. The molecule has 19 heavy (non-hydrogen) atoms. The molecule has 0 N–H and O–H groups in total. The predicted octanol–water partition coefficient (Wildman–Crippen LogP) is 4.67. The second-order valence-electron chi connectivity index (χ2n) is 4.29. The van der Waals surface area contributed by atoms with E-state index >= 15 is 0 Å². The largest absolute Gasteiger partial charge is 0.501 e. The summed E-state index contributed by atoms with van der Waals surface area (Å²) in [5.74, 6) is 0. The van der Waals surface area contributed by atoms with Gasteiger partial charge in [-0.05, 0) is 6.42 Å². The molecule has 3 heteroatoms. The Balaban J connectivity index is 0. The van der Waals surface area contributed by atoms with Gasteiger partial charge in [0.25, 0.3) is 0 Å². The van der Waals surface area contributed by atoms with Crippen molar-refractivity contribution in [2.24, 2.45) is 5.41 Å². The van der Waals surface area contributed by atoms with Crippen molar-refractivity contribution in [3.8, 4) is 0 Å². The Morgan fingerprint density at radius 1 is 0.737 bits per heavy atom. The second-order valence-corrected chi connectivity index (χ2v) is 4.29. The summed E-state index contributed by atoms with van der Waals surface area (Å²) in [6.07, 6.45) is 7.78. The molecule has 0 aromatic carbocycles. The first-order valence-corrected chi connectivity index (χ1v) is 6.83. The van der Waals surface area contributed by atoms with Crippen molar-refractivity contribution < 1.29 is 14.2 Å². The Morgan fingerprint density at radius 2 is 1.05 bits per heavy atom. The van der Waals surface area contributed by atoms with Crippen molar-refractivity contribution in [2.45, 2.75) is 40.0 Å². The van der Waals surface area contributed by atoms with Crippen LogP contribution in [-0.2, 0) is 14.2 Å². The topological polar surface area (TPSA) is 27.7 Å². The highest BCUT2D eigenvalue weighted by atomic mass is 16.5. The molecule has 0 atom stereocenters. The molecule has 0 aliphatic heterocycles. The number of rotatable bonds is 11. The van der Waals surface area contributed by atoms with Gasteiger partial charge in [-0.2, -0.15) is 0 Å². The van der Waals surface area contributed by atoms with Gasteiger partial charge in [0.1, 0.15) is 0 Å². The van der Waals surface area contributed by atoms with Gasteiger partial charge >= 0.3 is 0 Å². The minimum Gasteiger partial charge on any atom is -0.501 e. The van der Waals surface area contributed by atoms with Crippen molar-refractivity contribution in [3.05, 3.63) is 38.5 Å². The zero-order valence-electron chi connectivity index (χ0n) is 12.8. The summed E-state index contributed by atoms with van der Waals surface area (Å²) in [5, 5.41) is 0. The lowest BCUT2D eigenvalue weighted by Gasteiger charge is -2.30. The fourth-order valence-electron chi connectivity index (χ4n) is 1.14. The van der Waals surface area contributed by atoms with Crippen molar-refractivity contribution in [1.29, 1.82) is 0 Å². The van der Waals surface area contributed by atoms with E-state index in [1.165, 1.54) is 31.6 Å². The monoisotopic (exact) mass is 270 g/mol. The molecule has 0 aromatic rings. The fourth-order valence-corrected chi connectivity index (χ4v) is 1.14. The third-order valence-corrected chi connectivity index (χ3v) is 2.77. The smallest absolute Gasteiger partial charge is 0.0994 e. The zero-order valence-corrected chi connectivity index (χ0v) is 12.8. The number of hydrogen-bond acceptors (Lipinski definition) is 3. The van der Waals surface area contributed by atoms with Gasteiger partial charge in [0.2, 0.25) is 0 Å². The van der Waals surface area contributed by atoms with Gasteiger partial charge in [0, 0.05) is 0 Å². The zero-order chi connectivity index (χ0) is 15.0. The average Bonchev–Trinajstić information content (AvgIpc) is 2.47. The molecule has 0 fully saturated rings. The van der Waals surface area contributed by atoms with Crippen LogP contribution in [0, 0.1) is 5.41 Å². The van der Waals surface area contributed by atoms with E-state index in [1.807, 2.05) is 0 Å². The molecule has 0 rings (SSSR count). The summed E-state index contributed by atoms with van der Waals surface area (Å²) in [5.41, 5.74) is -0.184. The molecule has 0 amide bonds. The molecule has 0 saturated carbocycles. The molecular formula is C16H30O3. The molecule has 0 aromatic heterocycles. The SMILES string of the molecule is C=COCC(CC)(COC=C)COC=C.CCCC. The predicted molar refractivity (Wildman–Crippen MR) is 81.8 cm³/mol. The summed E-state index contributed by atoms with van der Waals surface area (Å²) < 4.78 is 15.7. The molecular weight excluding hydrogens is 240 g/mol. The molecule has 3 nitrogen and oxygen atoms in total. The van der Waals surface area contributed by atoms with Crippen LogP contribution in [-0.4, -0.2) is 19.8 Å². The highest BCUT2D eigenvalue weighted by Crippen LogP contribution is 2.24. The van der Waals surface area contributed by atoms with Gasteiger partial charge in [-0.3, -0.25) is 0 Å². The van der Waals surface area contributed by atoms with Gasteiger partial charge in [-0.25, -0.2) is 0 Å². The van der Waals surface area contributed by atoms with E-state index in [4.69, 9.17) is 14.2 Å². The first-order chi connectivity index (χ1) is 9.16. The first kappa shape index (κ1) is 19.9. The van der Waals surface area contributed by atoms with Crippen molar-refractivity contribution in [3.63, 3.8) is 0 Å². The lowest BCUT2D eigenvalue weighted by molar-refractivity contribution is -0.0119. The standard InChI is InChI=1S/C12H20O3.C4H10/c1-5-12(9-13-6-2,10-14-7-3)11-15-8-4;1-3-4-2/h6-8H,2-5,9-11H2,1H3;3-4H2,1-2H3. The van der Waals surface area contributed by atoms with E-state index < -0.39 is 0 Å². The van der Waals surface area contributed by atoms with Gasteiger partial charge < -0.3 is 14.2 Å². The van der Waals surface area contributed by atoms with E-state index in [1.54, 1.807) is 0 Å². The number of ether oxygens (including phenoxy) is 3. The summed E-state index contributed by atoms with van der Waals surface area (Å²) in [4.78, 5) is 0. The van der Waals surface area contributed by atoms with E-state index in [0.717, 1.165) is 6.42 Å². The Kier molecular flexibility index (Phi) is 15.4. The summed E-state index contributed by atoms with van der Waals surface area (Å²) >= 11 is 0. The maximum atomic E-state index is 5.22. The minimum atomic E-state index is -0.184. The van der Waals surface area contributed by atoms with Crippen LogP contribution in [0.2, 0.25) is 0 Å². The maximum Gasteiger partial charge on any atom is 0.0994 e. The Morgan fingerprint density at radius 3 is 1.21 bits per heavy atom. The van der Waals surface area contributed by atoms with Crippen LogP contribution in [0.4, 0.5) is 0 Å². The average molecular weight is 270 g/mol. The van der Waals surface area contributed by atoms with Crippen LogP contribution in [0.3, 0.4) is 0 Å². The van der Waals surface area contributed by atoms with Crippen LogP contribution >= 0.6 is 0 Å². The quantitative estimate of drug-likeness (QED) is 0.511. The molecule has 0 saturated heterocycles. The Labute approximate surface area is 118 Å². The van der Waals surface area contributed by atoms with E-state index in [-0.39, 0.29) is 5.41 Å². The highest BCUT2D eigenvalue weighted by molar-refractivity contribution is 4.80. The van der Waals surface area contributed by atoms with Gasteiger partial charge in [-0.15, -0.1) is 0 Å². The van der Waals surface area contributed by atoms with Gasteiger partial charge in [0.15, 0.2) is 0 Å². The summed E-state index contributed by atoms with van der Waals surface area (Å²) in [6.45, 7) is 18.5. The number of unbranched alkanes of at least 4 members (excludes halogenated alkanes) is 1.